The lowest BCUT2D eigenvalue weighted by molar-refractivity contribution is -0.122. The smallest absolute Gasteiger partial charge is 0.295 e. The molecular formula is C22H37N7O4S. The topological polar surface area (TPSA) is 184 Å². The van der Waals surface area contributed by atoms with Crippen LogP contribution in [0.3, 0.4) is 0 Å². The van der Waals surface area contributed by atoms with Gasteiger partial charge in [0.15, 0.2) is 21.3 Å². The van der Waals surface area contributed by atoms with Gasteiger partial charge in [-0.2, -0.15) is 0 Å². The number of fused-ring (bicyclic) bond motifs is 2. The number of carbonyl (C=O) groups is 1. The van der Waals surface area contributed by atoms with Crippen molar-refractivity contribution in [1.82, 2.24) is 20.6 Å². The highest BCUT2D eigenvalue weighted by molar-refractivity contribution is 7.92. The second-order valence-corrected chi connectivity index (χ2v) is 11.3. The Morgan fingerprint density at radius 2 is 1.97 bits per heavy atom. The summed E-state index contributed by atoms with van der Waals surface area (Å²) in [5, 5.41) is 21.2. The predicted molar refractivity (Wildman–Crippen MR) is 137 cm³/mol. The van der Waals surface area contributed by atoms with E-state index in [0.29, 0.717) is 17.3 Å². The number of nitrogens with two attached hydrogens (primary N) is 1. The fourth-order valence-corrected chi connectivity index (χ4v) is 5.37. The molecule has 2 fully saturated rings. The summed E-state index contributed by atoms with van der Waals surface area (Å²) in [5.41, 5.74) is 6.66. The Morgan fingerprint density at radius 3 is 2.56 bits per heavy atom. The Morgan fingerprint density at radius 1 is 1.26 bits per heavy atom. The third-order valence-electron chi connectivity index (χ3n) is 6.20. The summed E-state index contributed by atoms with van der Waals surface area (Å²) in [7, 11) is -3.41. The fourth-order valence-electron chi connectivity index (χ4n) is 4.31. The Kier molecular flexibility index (Phi) is 6.36. The van der Waals surface area contributed by atoms with Crippen LogP contribution in [0, 0.1) is 16.7 Å². The van der Waals surface area contributed by atoms with Crippen molar-refractivity contribution in [3.8, 4) is 11.3 Å². The van der Waals surface area contributed by atoms with Crippen molar-refractivity contribution in [3.05, 3.63) is 36.2 Å². The first-order valence-corrected chi connectivity index (χ1v) is 12.5. The number of hydrogen-bond donors (Lipinski definition) is 5. The van der Waals surface area contributed by atoms with Gasteiger partial charge in [0.25, 0.3) is 6.02 Å². The van der Waals surface area contributed by atoms with Gasteiger partial charge in [-0.15, -0.1) is 0 Å². The van der Waals surface area contributed by atoms with Crippen molar-refractivity contribution in [3.63, 3.8) is 0 Å². The number of sulfone groups is 1. The van der Waals surface area contributed by atoms with E-state index < -0.39 is 27.0 Å². The molecule has 3 atom stereocenters. The van der Waals surface area contributed by atoms with Gasteiger partial charge in [-0.25, -0.2) is 18.4 Å². The number of rotatable bonds is 5. The maximum absolute atomic E-state index is 12.4. The molecule has 1 saturated heterocycles. The molecule has 2 heterocycles. The van der Waals surface area contributed by atoms with E-state index in [4.69, 9.17) is 21.3 Å². The molecule has 4 rings (SSSR count). The highest BCUT2D eigenvalue weighted by Gasteiger charge is 2.43. The van der Waals surface area contributed by atoms with Crippen LogP contribution in [-0.2, 0) is 19.4 Å². The second kappa shape index (κ2) is 9.11. The van der Waals surface area contributed by atoms with Gasteiger partial charge < -0.3 is 15.8 Å². The zero-order chi connectivity index (χ0) is 24.6. The maximum Gasteiger partial charge on any atom is 0.295 e. The number of hydrogen-bond acceptors (Lipinski definition) is 10. The number of nitrogen functional groups attached to an aromatic ring is 1. The molecule has 2 aliphatic rings. The Balaban J connectivity index is 0. The molecule has 1 aromatic heterocycles. The normalized spacial score (nSPS) is 21.4. The van der Waals surface area contributed by atoms with Crippen LogP contribution in [0.4, 0.5) is 5.82 Å². The van der Waals surface area contributed by atoms with Gasteiger partial charge in [0.05, 0.1) is 28.1 Å². The van der Waals surface area contributed by atoms with E-state index >= 15 is 0 Å². The number of benzene rings is 1. The Labute approximate surface area is 204 Å². The lowest BCUT2D eigenvalue weighted by atomic mass is 9.99. The van der Waals surface area contributed by atoms with E-state index in [1.54, 1.807) is 26.0 Å². The molecular weight excluding hydrogens is 458 g/mol. The van der Waals surface area contributed by atoms with Crippen LogP contribution in [0.1, 0.15) is 45.9 Å². The van der Waals surface area contributed by atoms with Crippen molar-refractivity contribution in [2.75, 3.05) is 5.73 Å². The number of piperidine rings is 1. The third-order valence-corrected chi connectivity index (χ3v) is 8.37. The van der Waals surface area contributed by atoms with Gasteiger partial charge in [-0.1, -0.05) is 12.1 Å². The highest BCUT2D eigenvalue weighted by Crippen LogP contribution is 2.35. The molecule has 1 aliphatic carbocycles. The van der Waals surface area contributed by atoms with Crippen molar-refractivity contribution in [2.24, 2.45) is 5.92 Å². The Bertz CT molecular complexity index is 1270. The van der Waals surface area contributed by atoms with Crippen molar-refractivity contribution >= 4 is 33.5 Å². The summed E-state index contributed by atoms with van der Waals surface area (Å²) >= 11 is 0. The third kappa shape index (κ3) is 4.64. The van der Waals surface area contributed by atoms with E-state index in [0.717, 1.165) is 19.3 Å². The molecule has 2 aromatic rings. The van der Waals surface area contributed by atoms with Crippen LogP contribution >= 0.6 is 0 Å². The number of amides is 1. The summed E-state index contributed by atoms with van der Waals surface area (Å²) in [6.07, 6.45) is 4.37. The van der Waals surface area contributed by atoms with Crippen LogP contribution in [0.15, 0.2) is 35.4 Å². The van der Waals surface area contributed by atoms with Crippen LogP contribution in [-0.4, -0.2) is 53.5 Å². The van der Waals surface area contributed by atoms with Crippen LogP contribution in [0.25, 0.3) is 11.3 Å². The number of amidine groups is 1. The van der Waals surface area contributed by atoms with E-state index in [1.807, 2.05) is 0 Å². The number of nitrogens with one attached hydrogen (secondary N) is 4. The number of ether oxygens (including phenoxy) is 1. The van der Waals surface area contributed by atoms with Crippen molar-refractivity contribution in [2.45, 2.75) is 55.3 Å². The first-order chi connectivity index (χ1) is 16.1. The minimum Gasteiger partial charge on any atom is -0.405 e. The summed E-state index contributed by atoms with van der Waals surface area (Å²) in [6, 6.07) is 5.52. The molecule has 34 heavy (non-hydrogen) atoms. The minimum atomic E-state index is -3.41. The monoisotopic (exact) mass is 495 g/mol. The molecule has 0 radical (unpaired) electrons. The summed E-state index contributed by atoms with van der Waals surface area (Å²) < 4.78 is 29.8. The van der Waals surface area contributed by atoms with E-state index in [1.165, 1.54) is 18.3 Å². The van der Waals surface area contributed by atoms with Crippen LogP contribution < -0.4 is 16.4 Å². The molecule has 0 spiro atoms. The summed E-state index contributed by atoms with van der Waals surface area (Å²) in [4.78, 5) is 21.0. The second-order valence-electron chi connectivity index (χ2n) is 8.77. The maximum atomic E-state index is 12.4. The van der Waals surface area contributed by atoms with Crippen LogP contribution in [0.2, 0.25) is 0 Å². The fraction of sp³-hybridized carbons (Fsp3) is 0.409. The predicted octanol–water partition coefficient (Wildman–Crippen LogP) is 2.67. The van der Waals surface area contributed by atoms with E-state index in [9.17, 15) is 13.2 Å². The molecule has 2 bridgehead atoms. The highest BCUT2D eigenvalue weighted by atomic mass is 32.2. The zero-order valence-electron chi connectivity index (χ0n) is 18.8. The van der Waals surface area contributed by atoms with Crippen LogP contribution in [0.5, 0.6) is 0 Å². The summed E-state index contributed by atoms with van der Waals surface area (Å²) in [6.45, 7) is 3.22. The molecule has 1 aliphatic heterocycles. The lowest BCUT2D eigenvalue weighted by Crippen LogP contribution is -2.49. The first-order valence-electron chi connectivity index (χ1n) is 11.0. The van der Waals surface area contributed by atoms with Gasteiger partial charge in [0.2, 0.25) is 11.8 Å². The molecule has 1 saturated carbocycles. The van der Waals surface area contributed by atoms with E-state index in [2.05, 4.69) is 20.6 Å². The lowest BCUT2D eigenvalue weighted by Gasteiger charge is -2.22. The quantitative estimate of drug-likeness (QED) is 0.309. The first kappa shape index (κ1) is 23.8. The SMILES string of the molecule is CC(C)S(=O)(=O)c1ccc(-c2cnc(N)c(C(=N)OC(=N)NC(=O)C3N[C@H]4CCC3C4)n2)cc1.[HH].[HH].[HH].[HH].[HH]. The molecule has 190 valence electrons. The molecule has 12 heteroatoms. The molecule has 1 aromatic carbocycles. The number of carbonyl (C=O) groups excluding carboxylic acids is 1. The van der Waals surface area contributed by atoms with Crippen molar-refractivity contribution < 1.29 is 25.1 Å². The summed E-state index contributed by atoms with van der Waals surface area (Å²) in [5.74, 6) is -0.745. The standard InChI is InChI=1S/C22H27N7O4S.5H2/c1-11(2)34(31,32)15-7-4-12(5-8-15)16-10-26-19(23)18(28-16)20(24)33-22(25)29-21(30)17-13-3-6-14(9-13)27-17;;;;;/h4-5,7-8,10-11,13-14,17,24,27H,3,6,9H2,1-2H3,(H2,23,26)(H2,25,29,30);5*1H/t13?,14-,17?;;;;;/m0...../s1. The zero-order valence-corrected chi connectivity index (χ0v) is 19.6. The molecule has 2 unspecified atom stereocenters. The number of aromatic nitrogens is 2. The molecule has 6 N–H and O–H groups in total. The molecule has 1 amide bonds. The van der Waals surface area contributed by atoms with Gasteiger partial charge in [0, 0.05) is 18.7 Å². The largest absolute Gasteiger partial charge is 0.405 e. The van der Waals surface area contributed by atoms with E-state index in [-0.39, 0.29) is 41.4 Å². The van der Waals surface area contributed by atoms with Gasteiger partial charge in [-0.3, -0.25) is 20.9 Å². The van der Waals surface area contributed by atoms with Crippen molar-refractivity contribution in [1.29, 1.82) is 10.8 Å². The average Bonchev–Trinajstić information content (AvgIpc) is 3.43. The van der Waals surface area contributed by atoms with Gasteiger partial charge in [-0.05, 0) is 51.2 Å². The Hall–Kier alpha value is -3.38. The van der Waals surface area contributed by atoms with Gasteiger partial charge >= 0.3 is 0 Å². The number of nitrogens with zero attached hydrogens (tertiary/aromatic N) is 2. The number of anilines is 1. The minimum absolute atomic E-state index is 0. The molecule has 11 nitrogen and oxygen atoms in total. The average molecular weight is 496 g/mol. The van der Waals surface area contributed by atoms with Gasteiger partial charge in [0.1, 0.15) is 0 Å².